The van der Waals surface area contributed by atoms with Crippen molar-refractivity contribution >= 4 is 12.4 Å². The molecule has 0 saturated carbocycles. The zero-order valence-electron chi connectivity index (χ0n) is 7.21. The Bertz CT molecular complexity index is 305. The largest absolute Gasteiger partial charge is 0.484 e. The number of nitrogens with zero attached hydrogens (tertiary/aromatic N) is 1. The van der Waals surface area contributed by atoms with E-state index in [0.29, 0.717) is 5.69 Å². The highest BCUT2D eigenvalue weighted by Crippen LogP contribution is 2.20. The summed E-state index contributed by atoms with van der Waals surface area (Å²) in [7, 11) is 0. The predicted octanol–water partition coefficient (Wildman–Crippen LogP) is 2.96. The molecule has 1 aromatic rings. The van der Waals surface area contributed by atoms with Gasteiger partial charge in [0.1, 0.15) is 5.75 Å². The average Bonchev–Trinajstić information content (AvgIpc) is 2.14. The number of rotatable bonds is 3. The molecule has 14 heavy (non-hydrogen) atoms. The van der Waals surface area contributed by atoms with Crippen molar-refractivity contribution in [2.75, 3.05) is 6.61 Å². The Morgan fingerprint density at radius 1 is 1.21 bits per heavy atom. The summed E-state index contributed by atoms with van der Waals surface area (Å²) < 4.78 is 39.7. The molecule has 0 N–H and O–H groups in total. The van der Waals surface area contributed by atoms with E-state index in [1.54, 1.807) is 0 Å². The molecule has 0 saturated heterocycles. The zero-order chi connectivity index (χ0) is 10.6. The van der Waals surface area contributed by atoms with Gasteiger partial charge in [-0.15, -0.1) is 0 Å². The summed E-state index contributed by atoms with van der Waals surface area (Å²) in [4.78, 5) is 3.59. The quantitative estimate of drug-likeness (QED) is 0.692. The van der Waals surface area contributed by atoms with Gasteiger partial charge in [0.25, 0.3) is 0 Å². The van der Waals surface area contributed by atoms with E-state index in [0.717, 1.165) is 0 Å². The van der Waals surface area contributed by atoms with Crippen LogP contribution in [0.3, 0.4) is 0 Å². The van der Waals surface area contributed by atoms with Gasteiger partial charge in [-0.3, -0.25) is 4.99 Å². The summed E-state index contributed by atoms with van der Waals surface area (Å²) >= 11 is 0. The molecule has 0 aliphatic heterocycles. The van der Waals surface area contributed by atoms with Crippen LogP contribution in [0.5, 0.6) is 5.75 Å². The van der Waals surface area contributed by atoms with Crippen LogP contribution in [-0.2, 0) is 0 Å². The van der Waals surface area contributed by atoms with Crippen molar-refractivity contribution in [3.05, 3.63) is 24.3 Å². The van der Waals surface area contributed by atoms with Gasteiger partial charge in [0.05, 0.1) is 5.69 Å². The normalized spacial score (nSPS) is 11.1. The van der Waals surface area contributed by atoms with Gasteiger partial charge in [-0.25, -0.2) is 0 Å². The lowest BCUT2D eigenvalue weighted by Gasteiger charge is -2.08. The maximum absolute atomic E-state index is 11.7. The summed E-state index contributed by atoms with van der Waals surface area (Å²) in [5, 5.41) is 0. The van der Waals surface area contributed by atoms with Crippen LogP contribution >= 0.6 is 0 Å². The van der Waals surface area contributed by atoms with Crippen LogP contribution in [0.2, 0.25) is 0 Å². The summed E-state index contributed by atoms with van der Waals surface area (Å²) in [6.45, 7) is 1.99. The third-order valence-electron chi connectivity index (χ3n) is 1.42. The number of alkyl halides is 3. The molecular formula is C9H8F3NO. The van der Waals surface area contributed by atoms with Crippen LogP contribution in [0, 0.1) is 0 Å². The Hall–Kier alpha value is -1.52. The zero-order valence-corrected chi connectivity index (χ0v) is 7.21. The van der Waals surface area contributed by atoms with Crippen molar-refractivity contribution in [2.24, 2.45) is 4.99 Å². The highest BCUT2D eigenvalue weighted by molar-refractivity contribution is 5.47. The van der Waals surface area contributed by atoms with Crippen LogP contribution in [0.1, 0.15) is 0 Å². The second-order valence-corrected chi connectivity index (χ2v) is 2.56. The lowest BCUT2D eigenvalue weighted by atomic mass is 10.3. The fraction of sp³-hybridized carbons (Fsp3) is 0.222. The molecule has 5 heteroatoms. The molecule has 0 aliphatic carbocycles. The fourth-order valence-electron chi connectivity index (χ4n) is 0.813. The standard InChI is InChI=1S/C9H8F3NO/c1-13-7-2-4-8(5-3-7)14-6-9(10,11)12/h2-5H,1,6H2. The minimum atomic E-state index is -4.31. The number of halogens is 3. The van der Waals surface area contributed by atoms with Gasteiger partial charge in [-0.05, 0) is 31.0 Å². The molecule has 0 bridgehead atoms. The molecule has 0 fully saturated rings. The van der Waals surface area contributed by atoms with E-state index < -0.39 is 12.8 Å². The topological polar surface area (TPSA) is 21.6 Å². The van der Waals surface area contributed by atoms with Gasteiger partial charge in [0, 0.05) is 0 Å². The molecule has 0 aliphatic rings. The summed E-state index contributed by atoms with van der Waals surface area (Å²) in [6, 6.07) is 5.88. The number of aliphatic imine (C=N–C) groups is 1. The van der Waals surface area contributed by atoms with Crippen LogP contribution in [-0.4, -0.2) is 19.5 Å². The van der Waals surface area contributed by atoms with Crippen molar-refractivity contribution in [1.82, 2.24) is 0 Å². The van der Waals surface area contributed by atoms with E-state index in [1.165, 1.54) is 24.3 Å². The first kappa shape index (κ1) is 10.6. The fourth-order valence-corrected chi connectivity index (χ4v) is 0.813. The van der Waals surface area contributed by atoms with Gasteiger partial charge in [-0.2, -0.15) is 13.2 Å². The monoisotopic (exact) mass is 203 g/mol. The second-order valence-electron chi connectivity index (χ2n) is 2.56. The SMILES string of the molecule is C=Nc1ccc(OCC(F)(F)F)cc1. The van der Waals surface area contributed by atoms with E-state index in [2.05, 4.69) is 16.4 Å². The van der Waals surface area contributed by atoms with Crippen LogP contribution < -0.4 is 4.74 Å². The Morgan fingerprint density at radius 2 is 1.79 bits per heavy atom. The smallest absolute Gasteiger partial charge is 0.422 e. The molecule has 1 aromatic carbocycles. The van der Waals surface area contributed by atoms with E-state index >= 15 is 0 Å². The summed E-state index contributed by atoms with van der Waals surface area (Å²) in [5.41, 5.74) is 0.587. The molecule has 2 nitrogen and oxygen atoms in total. The molecular weight excluding hydrogens is 195 g/mol. The third kappa shape index (κ3) is 3.47. The minimum Gasteiger partial charge on any atom is -0.484 e. The molecule has 0 amide bonds. The van der Waals surface area contributed by atoms with Crippen molar-refractivity contribution < 1.29 is 17.9 Å². The third-order valence-corrected chi connectivity index (χ3v) is 1.42. The maximum Gasteiger partial charge on any atom is 0.422 e. The van der Waals surface area contributed by atoms with E-state index in [4.69, 9.17) is 0 Å². The Balaban J connectivity index is 2.56. The van der Waals surface area contributed by atoms with Gasteiger partial charge >= 0.3 is 6.18 Å². The van der Waals surface area contributed by atoms with Gasteiger partial charge in [0.2, 0.25) is 0 Å². The first-order chi connectivity index (χ1) is 6.51. The molecule has 0 spiro atoms. The minimum absolute atomic E-state index is 0.162. The van der Waals surface area contributed by atoms with Crippen molar-refractivity contribution in [3.63, 3.8) is 0 Å². The second kappa shape index (κ2) is 4.13. The number of benzene rings is 1. The van der Waals surface area contributed by atoms with E-state index in [9.17, 15) is 13.2 Å². The predicted molar refractivity (Wildman–Crippen MR) is 47.2 cm³/mol. The van der Waals surface area contributed by atoms with E-state index in [1.807, 2.05) is 0 Å². The van der Waals surface area contributed by atoms with Crippen molar-refractivity contribution in [2.45, 2.75) is 6.18 Å². The van der Waals surface area contributed by atoms with Crippen molar-refractivity contribution in [3.8, 4) is 5.75 Å². The number of ether oxygens (including phenoxy) is 1. The van der Waals surface area contributed by atoms with Gasteiger partial charge in [-0.1, -0.05) is 0 Å². The lowest BCUT2D eigenvalue weighted by molar-refractivity contribution is -0.153. The highest BCUT2D eigenvalue weighted by Gasteiger charge is 2.28. The Morgan fingerprint density at radius 3 is 2.21 bits per heavy atom. The Labute approximate surface area is 79.0 Å². The first-order valence-corrected chi connectivity index (χ1v) is 3.77. The van der Waals surface area contributed by atoms with Gasteiger partial charge < -0.3 is 4.74 Å². The number of hydrogen-bond donors (Lipinski definition) is 0. The Kier molecular flexibility index (Phi) is 3.11. The molecule has 1 rings (SSSR count). The highest BCUT2D eigenvalue weighted by atomic mass is 19.4. The lowest BCUT2D eigenvalue weighted by Crippen LogP contribution is -2.19. The van der Waals surface area contributed by atoms with Crippen LogP contribution in [0.25, 0.3) is 0 Å². The van der Waals surface area contributed by atoms with Crippen LogP contribution in [0.4, 0.5) is 18.9 Å². The molecule has 0 aromatic heterocycles. The van der Waals surface area contributed by atoms with Crippen molar-refractivity contribution in [1.29, 1.82) is 0 Å². The van der Waals surface area contributed by atoms with Crippen LogP contribution in [0.15, 0.2) is 29.3 Å². The molecule has 0 radical (unpaired) electrons. The molecule has 76 valence electrons. The molecule has 0 unspecified atom stereocenters. The average molecular weight is 203 g/mol. The molecule has 0 heterocycles. The van der Waals surface area contributed by atoms with Gasteiger partial charge in [0.15, 0.2) is 6.61 Å². The maximum atomic E-state index is 11.7. The number of hydrogen-bond acceptors (Lipinski definition) is 2. The van der Waals surface area contributed by atoms with E-state index in [-0.39, 0.29) is 5.75 Å². The summed E-state index contributed by atoms with van der Waals surface area (Å²) in [6.07, 6.45) is -4.31. The first-order valence-electron chi connectivity index (χ1n) is 3.77. The molecule has 0 atom stereocenters. The summed E-state index contributed by atoms with van der Waals surface area (Å²) in [5.74, 6) is 0.162.